The molecule has 0 N–H and O–H groups in total. The third-order valence-electron chi connectivity index (χ3n) is 16.7. The molecule has 0 saturated heterocycles. The fourth-order valence-corrected chi connectivity index (χ4v) is 11.2. The topological polar surface area (TPSA) is 18.5 Å². The summed E-state index contributed by atoms with van der Waals surface area (Å²) in [6, 6.07) is 17.3. The van der Waals surface area contributed by atoms with E-state index in [4.69, 9.17) is 9.47 Å². The van der Waals surface area contributed by atoms with E-state index in [-0.39, 0.29) is 0 Å². The first-order valence-electron chi connectivity index (χ1n) is 32.4. The summed E-state index contributed by atoms with van der Waals surface area (Å²) in [5, 5.41) is 0. The van der Waals surface area contributed by atoms with Gasteiger partial charge >= 0.3 is 0 Å². The first-order chi connectivity index (χ1) is 35.7. The summed E-state index contributed by atoms with van der Waals surface area (Å²) in [4.78, 5) is 0. The molecule has 2 rings (SSSR count). The van der Waals surface area contributed by atoms with Crippen LogP contribution < -0.4 is 9.47 Å². The summed E-state index contributed by atoms with van der Waals surface area (Å²) < 4.78 is 17.1. The SMILES string of the molecule is CCCCCCCC[N+](C)(C)CCCCCC[N+](C)(C)CCCCCCCCCCOc1ccc(-c2ccc(OCCCCCCCCCC[N+](C)(C)CCCCCC[N+](C)(C)CCCCCCCC)cc2)cc1. The Morgan fingerprint density at radius 3 is 0.608 bits per heavy atom. The Balaban J connectivity index is 1.39. The van der Waals surface area contributed by atoms with E-state index in [0.717, 1.165) is 37.6 Å². The van der Waals surface area contributed by atoms with Crippen LogP contribution in [0.2, 0.25) is 0 Å². The van der Waals surface area contributed by atoms with Crippen LogP contribution in [0.5, 0.6) is 11.5 Å². The summed E-state index contributed by atoms with van der Waals surface area (Å²) in [5.74, 6) is 1.95. The average Bonchev–Trinajstić information content (AvgIpc) is 3.37. The first-order valence-corrected chi connectivity index (χ1v) is 32.4. The number of benzene rings is 2. The summed E-state index contributed by atoms with van der Waals surface area (Å²) in [7, 11) is 19.6. The number of quaternary nitrogens is 4. The van der Waals surface area contributed by atoms with Gasteiger partial charge in [0.2, 0.25) is 0 Å². The van der Waals surface area contributed by atoms with Crippen LogP contribution in [0.3, 0.4) is 0 Å². The number of nitrogens with zero attached hydrogens (tertiary/aromatic N) is 4. The van der Waals surface area contributed by atoms with Gasteiger partial charge in [-0.25, -0.2) is 0 Å². The highest BCUT2D eigenvalue weighted by atomic mass is 16.5. The van der Waals surface area contributed by atoms with Crippen molar-refractivity contribution in [2.45, 2.75) is 245 Å². The third-order valence-corrected chi connectivity index (χ3v) is 16.7. The van der Waals surface area contributed by atoms with Crippen LogP contribution in [0.25, 0.3) is 11.1 Å². The molecule has 0 aromatic heterocycles. The maximum absolute atomic E-state index is 6.12. The molecule has 74 heavy (non-hydrogen) atoms. The molecule has 0 unspecified atom stereocenters. The quantitative estimate of drug-likeness (QED) is 0.0486. The summed E-state index contributed by atoms with van der Waals surface area (Å²) in [6.45, 7) is 17.0. The molecule has 0 atom stereocenters. The smallest absolute Gasteiger partial charge is 0.119 e. The van der Waals surface area contributed by atoms with Gasteiger partial charge in [0, 0.05) is 0 Å². The Labute approximate surface area is 463 Å². The van der Waals surface area contributed by atoms with E-state index in [9.17, 15) is 0 Å². The molecule has 430 valence electrons. The van der Waals surface area contributed by atoms with E-state index in [0.29, 0.717) is 0 Å². The number of unbranched alkanes of at least 4 members (excludes halogenated alkanes) is 30. The lowest BCUT2D eigenvalue weighted by Gasteiger charge is -2.31. The van der Waals surface area contributed by atoms with Gasteiger partial charge in [-0.05, 0) is 151 Å². The number of rotatable bonds is 53. The van der Waals surface area contributed by atoms with Crippen molar-refractivity contribution in [2.75, 3.05) is 122 Å². The molecule has 0 bridgehead atoms. The van der Waals surface area contributed by atoms with Crippen LogP contribution in [-0.4, -0.2) is 140 Å². The van der Waals surface area contributed by atoms with Gasteiger partial charge < -0.3 is 27.4 Å². The number of hydrogen-bond acceptors (Lipinski definition) is 2. The van der Waals surface area contributed by atoms with Crippen LogP contribution in [0.15, 0.2) is 48.5 Å². The van der Waals surface area contributed by atoms with Gasteiger partial charge in [-0.3, -0.25) is 0 Å². The average molecular weight is 1040 g/mol. The Hall–Kier alpha value is -2.12. The molecule has 0 radical (unpaired) electrons. The Kier molecular flexibility index (Phi) is 39.4. The van der Waals surface area contributed by atoms with Crippen LogP contribution >= 0.6 is 0 Å². The minimum absolute atomic E-state index is 0.811. The predicted molar refractivity (Wildman–Crippen MR) is 328 cm³/mol. The van der Waals surface area contributed by atoms with E-state index in [1.54, 1.807) is 0 Å². The Morgan fingerprint density at radius 1 is 0.230 bits per heavy atom. The van der Waals surface area contributed by atoms with Crippen molar-refractivity contribution in [3.05, 3.63) is 48.5 Å². The minimum Gasteiger partial charge on any atom is -0.494 e. The van der Waals surface area contributed by atoms with Gasteiger partial charge in [0.15, 0.2) is 0 Å². The highest BCUT2D eigenvalue weighted by Gasteiger charge is 2.18. The lowest BCUT2D eigenvalue weighted by Crippen LogP contribution is -2.41. The minimum atomic E-state index is 0.811. The van der Waals surface area contributed by atoms with Gasteiger partial charge in [-0.15, -0.1) is 0 Å². The molecule has 0 amide bonds. The summed E-state index contributed by atoms with van der Waals surface area (Å²) >= 11 is 0. The van der Waals surface area contributed by atoms with Crippen LogP contribution in [0, 0.1) is 0 Å². The molecule has 2 aromatic carbocycles. The molecule has 0 spiro atoms. The second kappa shape index (κ2) is 42.8. The largest absolute Gasteiger partial charge is 0.494 e. The van der Waals surface area contributed by atoms with Crippen molar-refractivity contribution in [3.63, 3.8) is 0 Å². The highest BCUT2D eigenvalue weighted by Crippen LogP contribution is 2.26. The third kappa shape index (κ3) is 39.3. The summed E-state index contributed by atoms with van der Waals surface area (Å²) in [6.07, 6.45) is 49.4. The normalized spacial score (nSPS) is 12.5. The molecule has 0 fully saturated rings. The zero-order chi connectivity index (χ0) is 53.9. The van der Waals surface area contributed by atoms with Crippen LogP contribution in [0.4, 0.5) is 0 Å². The molecule has 6 heteroatoms. The molecule has 2 aromatic rings. The number of ether oxygens (including phenoxy) is 2. The monoisotopic (exact) mass is 1040 g/mol. The molecular weight excluding hydrogens is 905 g/mol. The fraction of sp³-hybridized carbons (Fsp3) is 0.824. The van der Waals surface area contributed by atoms with E-state index in [1.165, 1.54) is 300 Å². The van der Waals surface area contributed by atoms with Crippen molar-refractivity contribution in [2.24, 2.45) is 0 Å². The van der Waals surface area contributed by atoms with Crippen molar-refractivity contribution >= 4 is 0 Å². The highest BCUT2D eigenvalue weighted by molar-refractivity contribution is 5.64. The van der Waals surface area contributed by atoms with Crippen molar-refractivity contribution in [3.8, 4) is 22.6 Å². The van der Waals surface area contributed by atoms with E-state index >= 15 is 0 Å². The van der Waals surface area contributed by atoms with Gasteiger partial charge in [0.25, 0.3) is 0 Å². The molecular formula is C68H130N4O2+4. The van der Waals surface area contributed by atoms with Gasteiger partial charge in [-0.1, -0.05) is 154 Å². The fourth-order valence-electron chi connectivity index (χ4n) is 11.2. The first kappa shape index (κ1) is 68.0. The standard InChI is InChI=1S/C68H130N4O2/c1-11-13-15-17-27-37-55-69(3,4)59-41-31-33-43-61-71(7,8)57-39-29-23-19-21-25-35-45-63-73-67-51-47-65(48-52-67)66-49-53-68(54-50-66)74-64-46-36-26-22-20-24-30-40-58-72(9,10)62-44-34-32-42-60-70(5,6)56-38-28-18-16-14-12-2/h47-54H,11-46,55-64H2,1-10H3/q+4. The molecule has 6 nitrogen and oxygen atoms in total. The summed E-state index contributed by atoms with van der Waals surface area (Å²) in [5.41, 5.74) is 2.45. The molecule has 0 saturated carbocycles. The second-order valence-corrected chi connectivity index (χ2v) is 26.3. The van der Waals surface area contributed by atoms with Crippen molar-refractivity contribution in [1.82, 2.24) is 0 Å². The zero-order valence-corrected chi connectivity index (χ0v) is 51.8. The Bertz CT molecular complexity index is 1420. The molecule has 0 aliphatic heterocycles. The maximum Gasteiger partial charge on any atom is 0.119 e. The Morgan fingerprint density at radius 2 is 0.405 bits per heavy atom. The van der Waals surface area contributed by atoms with Gasteiger partial charge in [0.1, 0.15) is 11.5 Å². The van der Waals surface area contributed by atoms with Gasteiger partial charge in [-0.2, -0.15) is 0 Å². The van der Waals surface area contributed by atoms with E-state index in [1.807, 2.05) is 0 Å². The van der Waals surface area contributed by atoms with Crippen molar-refractivity contribution < 1.29 is 27.4 Å². The van der Waals surface area contributed by atoms with Crippen LogP contribution in [0.1, 0.15) is 245 Å². The molecule has 0 heterocycles. The lowest BCUT2D eigenvalue weighted by molar-refractivity contribution is -0.891. The zero-order valence-electron chi connectivity index (χ0n) is 51.8. The maximum atomic E-state index is 6.12. The van der Waals surface area contributed by atoms with Gasteiger partial charge in [0.05, 0.1) is 122 Å². The van der Waals surface area contributed by atoms with E-state index < -0.39 is 0 Å². The predicted octanol–water partition coefficient (Wildman–Crippen LogP) is 18.5. The number of hydrogen-bond donors (Lipinski definition) is 0. The lowest BCUT2D eigenvalue weighted by atomic mass is 10.1. The van der Waals surface area contributed by atoms with Crippen LogP contribution in [-0.2, 0) is 0 Å². The molecule has 0 aliphatic rings. The van der Waals surface area contributed by atoms with E-state index in [2.05, 4.69) is 119 Å². The molecule has 0 aliphatic carbocycles. The second-order valence-electron chi connectivity index (χ2n) is 26.3. The van der Waals surface area contributed by atoms with Crippen molar-refractivity contribution in [1.29, 1.82) is 0 Å².